The average Bonchev–Trinajstić information content (AvgIpc) is 3.21. The molecule has 0 saturated heterocycles. The molecule has 0 aromatic carbocycles. The van der Waals surface area contributed by atoms with Crippen molar-refractivity contribution in [3.8, 4) is 6.07 Å². The Balaban J connectivity index is 1.75. The third-order valence-electron chi connectivity index (χ3n) is 2.88. The van der Waals surface area contributed by atoms with E-state index in [1.807, 2.05) is 0 Å². The van der Waals surface area contributed by atoms with E-state index in [4.69, 9.17) is 14.4 Å². The number of rotatable bonds is 4. The van der Waals surface area contributed by atoms with Crippen LogP contribution in [0.1, 0.15) is 11.5 Å². The van der Waals surface area contributed by atoms with Crippen molar-refractivity contribution in [1.29, 1.82) is 5.26 Å². The van der Waals surface area contributed by atoms with Crippen LogP contribution in [0.4, 0.5) is 0 Å². The molecule has 3 rings (SSSR count). The van der Waals surface area contributed by atoms with E-state index in [0.29, 0.717) is 16.4 Å². The lowest BCUT2D eigenvalue weighted by atomic mass is 10.2. The molecule has 3 heterocycles. The van der Waals surface area contributed by atoms with Crippen molar-refractivity contribution in [3.63, 3.8) is 0 Å². The second-order valence-electron chi connectivity index (χ2n) is 4.40. The van der Waals surface area contributed by atoms with E-state index in [2.05, 4.69) is 4.98 Å². The summed E-state index contributed by atoms with van der Waals surface area (Å²) in [6.45, 7) is -0.195. The second kappa shape index (κ2) is 6.29. The number of hydrogen-bond acceptors (Lipinski definition) is 7. The molecule has 23 heavy (non-hydrogen) atoms. The number of ether oxygens (including phenoxy) is 1. The van der Waals surface area contributed by atoms with E-state index < -0.39 is 5.97 Å². The SMILES string of the molecule is N#C/C(=C\c1ccco1)C(=O)OCc1cc(=O)n2ccsc2n1. The number of hydrogen-bond donors (Lipinski definition) is 0. The summed E-state index contributed by atoms with van der Waals surface area (Å²) in [4.78, 5) is 28.5. The standard InChI is InChI=1S/C15H9N3O4S/c16-8-10(6-12-2-1-4-21-12)14(20)22-9-11-7-13(19)18-3-5-23-15(18)17-11/h1-7H,9H2/b10-6+. The molecule has 0 saturated carbocycles. The van der Waals surface area contributed by atoms with Crippen molar-refractivity contribution in [2.45, 2.75) is 6.61 Å². The molecule has 0 aliphatic rings. The molecule has 0 spiro atoms. The summed E-state index contributed by atoms with van der Waals surface area (Å²) in [5.74, 6) is -0.438. The third-order valence-corrected chi connectivity index (χ3v) is 3.63. The number of carbonyl (C=O) groups excluding carboxylic acids is 1. The zero-order valence-corrected chi connectivity index (χ0v) is 12.4. The molecule has 0 unspecified atom stereocenters. The molecular formula is C15H9N3O4S. The zero-order valence-electron chi connectivity index (χ0n) is 11.6. The highest BCUT2D eigenvalue weighted by atomic mass is 32.1. The maximum absolute atomic E-state index is 11.9. The van der Waals surface area contributed by atoms with Crippen LogP contribution in [0.5, 0.6) is 0 Å². The fourth-order valence-corrected chi connectivity index (χ4v) is 2.57. The first-order valence-electron chi connectivity index (χ1n) is 6.45. The Kier molecular flexibility index (Phi) is 4.03. The minimum absolute atomic E-state index is 0.195. The van der Waals surface area contributed by atoms with Gasteiger partial charge in [-0.1, -0.05) is 0 Å². The molecule has 3 aromatic rings. The van der Waals surface area contributed by atoms with Gasteiger partial charge in [-0.15, -0.1) is 11.3 Å². The van der Waals surface area contributed by atoms with Gasteiger partial charge in [0, 0.05) is 23.7 Å². The van der Waals surface area contributed by atoms with Crippen molar-refractivity contribution >= 4 is 28.3 Å². The quantitative estimate of drug-likeness (QED) is 0.413. The summed E-state index contributed by atoms with van der Waals surface area (Å²) in [5, 5.41) is 10.8. The van der Waals surface area contributed by atoms with Gasteiger partial charge in [0.25, 0.3) is 5.56 Å². The van der Waals surface area contributed by atoms with Crippen molar-refractivity contribution in [2.75, 3.05) is 0 Å². The number of nitrogens with zero attached hydrogens (tertiary/aromatic N) is 3. The molecule has 0 N–H and O–H groups in total. The molecule has 0 amide bonds. The van der Waals surface area contributed by atoms with Gasteiger partial charge >= 0.3 is 5.97 Å². The van der Waals surface area contributed by atoms with E-state index in [1.54, 1.807) is 29.8 Å². The predicted molar refractivity (Wildman–Crippen MR) is 81.4 cm³/mol. The summed E-state index contributed by atoms with van der Waals surface area (Å²) in [5.41, 5.74) is -0.135. The Bertz CT molecular complexity index is 976. The Morgan fingerprint density at radius 3 is 3.17 bits per heavy atom. The molecule has 0 fully saturated rings. The maximum Gasteiger partial charge on any atom is 0.349 e. The fourth-order valence-electron chi connectivity index (χ4n) is 1.83. The first-order valence-corrected chi connectivity index (χ1v) is 7.33. The van der Waals surface area contributed by atoms with Gasteiger partial charge in [0.05, 0.1) is 12.0 Å². The molecule has 0 aliphatic carbocycles. The number of carbonyl (C=O) groups is 1. The number of nitriles is 1. The molecule has 0 atom stereocenters. The van der Waals surface area contributed by atoms with Crippen LogP contribution >= 0.6 is 11.3 Å². The number of fused-ring (bicyclic) bond motifs is 1. The number of aromatic nitrogens is 2. The minimum Gasteiger partial charge on any atom is -0.465 e. The predicted octanol–water partition coefficient (Wildman–Crippen LogP) is 2.00. The summed E-state index contributed by atoms with van der Waals surface area (Å²) >= 11 is 1.30. The number of esters is 1. The topological polar surface area (TPSA) is 97.6 Å². The van der Waals surface area contributed by atoms with Gasteiger partial charge in [0.15, 0.2) is 4.96 Å². The molecule has 0 bridgehead atoms. The second-order valence-corrected chi connectivity index (χ2v) is 5.28. The number of furan rings is 1. The first kappa shape index (κ1) is 14.7. The van der Waals surface area contributed by atoms with Gasteiger partial charge in [0.2, 0.25) is 0 Å². The normalized spacial score (nSPS) is 11.3. The highest BCUT2D eigenvalue weighted by Crippen LogP contribution is 2.10. The Hall–Kier alpha value is -3.18. The Labute approximate surface area is 133 Å². The maximum atomic E-state index is 11.9. The monoisotopic (exact) mass is 327 g/mol. The summed E-state index contributed by atoms with van der Waals surface area (Å²) in [6, 6.07) is 6.29. The summed E-state index contributed by atoms with van der Waals surface area (Å²) < 4.78 is 11.5. The van der Waals surface area contributed by atoms with Crippen LogP contribution in [-0.2, 0) is 16.1 Å². The molecule has 7 nitrogen and oxygen atoms in total. The van der Waals surface area contributed by atoms with E-state index in [9.17, 15) is 9.59 Å². The molecule has 0 aliphatic heterocycles. The average molecular weight is 327 g/mol. The number of thiazole rings is 1. The van der Waals surface area contributed by atoms with E-state index in [1.165, 1.54) is 34.1 Å². The van der Waals surface area contributed by atoms with E-state index in [0.717, 1.165) is 0 Å². The molecule has 3 aromatic heterocycles. The van der Waals surface area contributed by atoms with Crippen molar-refractivity contribution in [1.82, 2.24) is 9.38 Å². The van der Waals surface area contributed by atoms with Gasteiger partial charge in [-0.2, -0.15) is 5.26 Å². The molecule has 114 valence electrons. The lowest BCUT2D eigenvalue weighted by Crippen LogP contribution is -2.15. The van der Waals surface area contributed by atoms with Gasteiger partial charge < -0.3 is 9.15 Å². The van der Waals surface area contributed by atoms with Crippen LogP contribution in [0.25, 0.3) is 11.0 Å². The van der Waals surface area contributed by atoms with E-state index in [-0.39, 0.29) is 17.7 Å². The van der Waals surface area contributed by atoms with Crippen LogP contribution in [-0.4, -0.2) is 15.4 Å². The van der Waals surface area contributed by atoms with Gasteiger partial charge in [0.1, 0.15) is 24.0 Å². The summed E-state index contributed by atoms with van der Waals surface area (Å²) in [6.07, 6.45) is 4.33. The molecule has 0 radical (unpaired) electrons. The Morgan fingerprint density at radius 2 is 2.43 bits per heavy atom. The lowest BCUT2D eigenvalue weighted by molar-refractivity contribution is -0.139. The largest absolute Gasteiger partial charge is 0.465 e. The van der Waals surface area contributed by atoms with Gasteiger partial charge in [-0.25, -0.2) is 9.78 Å². The highest BCUT2D eigenvalue weighted by molar-refractivity contribution is 7.15. The van der Waals surface area contributed by atoms with Crippen LogP contribution in [0.3, 0.4) is 0 Å². The fraction of sp³-hybridized carbons (Fsp3) is 0.0667. The third kappa shape index (κ3) is 3.20. The Morgan fingerprint density at radius 1 is 1.57 bits per heavy atom. The van der Waals surface area contributed by atoms with Crippen molar-refractivity contribution in [3.05, 3.63) is 63.4 Å². The van der Waals surface area contributed by atoms with Crippen molar-refractivity contribution < 1.29 is 13.9 Å². The van der Waals surface area contributed by atoms with Gasteiger partial charge in [-0.3, -0.25) is 9.20 Å². The lowest BCUT2D eigenvalue weighted by Gasteiger charge is -2.03. The molecular weight excluding hydrogens is 318 g/mol. The van der Waals surface area contributed by atoms with Crippen LogP contribution in [0, 0.1) is 11.3 Å². The van der Waals surface area contributed by atoms with E-state index >= 15 is 0 Å². The molecule has 8 heteroatoms. The highest BCUT2D eigenvalue weighted by Gasteiger charge is 2.13. The zero-order chi connectivity index (χ0) is 16.2. The first-order chi connectivity index (χ1) is 11.2. The van der Waals surface area contributed by atoms with Crippen LogP contribution in [0.15, 0.2) is 50.8 Å². The van der Waals surface area contributed by atoms with Crippen LogP contribution in [0.2, 0.25) is 0 Å². The smallest absolute Gasteiger partial charge is 0.349 e. The van der Waals surface area contributed by atoms with Crippen LogP contribution < -0.4 is 5.56 Å². The summed E-state index contributed by atoms with van der Waals surface area (Å²) in [7, 11) is 0. The minimum atomic E-state index is -0.808. The van der Waals surface area contributed by atoms with Gasteiger partial charge in [-0.05, 0) is 12.1 Å². The van der Waals surface area contributed by atoms with Crippen molar-refractivity contribution in [2.24, 2.45) is 0 Å².